The Kier molecular flexibility index (Phi) is 4.26. The van der Waals surface area contributed by atoms with Crippen LogP contribution in [0.2, 0.25) is 0 Å². The predicted molar refractivity (Wildman–Crippen MR) is 95.2 cm³/mol. The maximum Gasteiger partial charge on any atom is 0.278 e. The molecule has 0 saturated carbocycles. The van der Waals surface area contributed by atoms with Crippen molar-refractivity contribution in [3.05, 3.63) is 54.2 Å². The fourth-order valence-electron chi connectivity index (χ4n) is 3.01. The van der Waals surface area contributed by atoms with Gasteiger partial charge in [0.15, 0.2) is 11.5 Å². The fraction of sp³-hybridized carbons (Fsp3) is 0.278. The highest BCUT2D eigenvalue weighted by Crippen LogP contribution is 2.25. The summed E-state index contributed by atoms with van der Waals surface area (Å²) in [7, 11) is 1.66. The van der Waals surface area contributed by atoms with Gasteiger partial charge in [0, 0.05) is 38.2 Å². The van der Waals surface area contributed by atoms with E-state index in [1.54, 1.807) is 42.0 Å². The second kappa shape index (κ2) is 6.72. The lowest BCUT2D eigenvalue weighted by atomic mass is 10.2. The van der Waals surface area contributed by atoms with Crippen molar-refractivity contribution in [2.45, 2.75) is 0 Å². The number of aromatic nitrogens is 3. The van der Waals surface area contributed by atoms with Gasteiger partial charge >= 0.3 is 0 Å². The van der Waals surface area contributed by atoms with Crippen LogP contribution in [0.5, 0.6) is 0 Å². The topological polar surface area (TPSA) is 63.0 Å². The molecule has 4 rings (SSSR count). The molecule has 3 aromatic rings. The number of amides is 1. The molecule has 0 bridgehead atoms. The molecule has 26 heavy (non-hydrogen) atoms. The number of carbonyl (C=O) groups excluding carboxylic acids is 1. The SMILES string of the molecule is CN(C(=O)c1c(N2CCOCC2)nc2ncccn12)c1ccc(F)cc1. The Bertz CT molecular complexity index is 934. The molecule has 1 aliphatic heterocycles. The van der Waals surface area contributed by atoms with Crippen molar-refractivity contribution in [3.63, 3.8) is 0 Å². The van der Waals surface area contributed by atoms with Crippen LogP contribution in [0.3, 0.4) is 0 Å². The van der Waals surface area contributed by atoms with Crippen molar-refractivity contribution in [1.29, 1.82) is 0 Å². The van der Waals surface area contributed by atoms with Crippen molar-refractivity contribution < 1.29 is 13.9 Å². The molecule has 0 radical (unpaired) electrons. The smallest absolute Gasteiger partial charge is 0.278 e. The van der Waals surface area contributed by atoms with Gasteiger partial charge in [-0.1, -0.05) is 0 Å². The maximum absolute atomic E-state index is 13.3. The van der Waals surface area contributed by atoms with Gasteiger partial charge in [0.2, 0.25) is 5.78 Å². The Hall–Kier alpha value is -3.00. The standard InChI is InChI=1S/C18H18FN5O2/c1-22(14-5-3-13(19)4-6-14)17(25)15-16(23-9-11-26-12-10-23)21-18-20-7-2-8-24(15)18/h2-8H,9-12H2,1H3. The van der Waals surface area contributed by atoms with E-state index >= 15 is 0 Å². The third-order valence-electron chi connectivity index (χ3n) is 4.42. The van der Waals surface area contributed by atoms with E-state index in [4.69, 9.17) is 4.74 Å². The van der Waals surface area contributed by atoms with E-state index in [0.29, 0.717) is 49.3 Å². The first-order valence-corrected chi connectivity index (χ1v) is 8.34. The second-order valence-electron chi connectivity index (χ2n) is 6.01. The molecule has 1 saturated heterocycles. The van der Waals surface area contributed by atoms with Crippen molar-refractivity contribution in [1.82, 2.24) is 14.4 Å². The minimum atomic E-state index is -0.345. The van der Waals surface area contributed by atoms with Crippen LogP contribution in [-0.4, -0.2) is 53.6 Å². The molecule has 7 nitrogen and oxygen atoms in total. The zero-order chi connectivity index (χ0) is 18.1. The van der Waals surface area contributed by atoms with Crippen LogP contribution < -0.4 is 9.80 Å². The Balaban J connectivity index is 1.78. The van der Waals surface area contributed by atoms with Crippen LogP contribution in [0.4, 0.5) is 15.9 Å². The van der Waals surface area contributed by atoms with Crippen LogP contribution in [0.15, 0.2) is 42.7 Å². The summed E-state index contributed by atoms with van der Waals surface area (Å²) in [5.74, 6) is 0.469. The molecule has 1 aromatic carbocycles. The number of carbonyl (C=O) groups is 1. The Morgan fingerprint density at radius 2 is 1.96 bits per heavy atom. The van der Waals surface area contributed by atoms with E-state index in [9.17, 15) is 9.18 Å². The number of nitrogens with zero attached hydrogens (tertiary/aromatic N) is 5. The summed E-state index contributed by atoms with van der Waals surface area (Å²) in [6.07, 6.45) is 3.41. The van der Waals surface area contributed by atoms with E-state index in [1.165, 1.54) is 17.0 Å². The normalized spacial score (nSPS) is 14.6. The highest BCUT2D eigenvalue weighted by molar-refractivity contribution is 6.08. The number of imidazole rings is 1. The minimum Gasteiger partial charge on any atom is -0.378 e. The molecule has 2 aromatic heterocycles. The van der Waals surface area contributed by atoms with Crippen molar-refractivity contribution in [3.8, 4) is 0 Å². The molecule has 0 spiro atoms. The van der Waals surface area contributed by atoms with Crippen LogP contribution in [0, 0.1) is 5.82 Å². The first-order valence-electron chi connectivity index (χ1n) is 8.34. The summed E-state index contributed by atoms with van der Waals surface area (Å²) in [5.41, 5.74) is 1.03. The van der Waals surface area contributed by atoms with Crippen LogP contribution in [-0.2, 0) is 4.74 Å². The zero-order valence-electron chi connectivity index (χ0n) is 14.3. The molecule has 0 N–H and O–H groups in total. The van der Waals surface area contributed by atoms with Gasteiger partial charge in [0.05, 0.1) is 13.2 Å². The first-order chi connectivity index (χ1) is 12.6. The Labute approximate surface area is 149 Å². The average Bonchev–Trinajstić information content (AvgIpc) is 3.08. The van der Waals surface area contributed by atoms with E-state index in [-0.39, 0.29) is 11.7 Å². The third kappa shape index (κ3) is 2.88. The summed E-state index contributed by atoms with van der Waals surface area (Å²) in [6, 6.07) is 7.56. The van der Waals surface area contributed by atoms with E-state index in [1.807, 2.05) is 4.90 Å². The number of hydrogen-bond acceptors (Lipinski definition) is 5. The Morgan fingerprint density at radius 1 is 1.23 bits per heavy atom. The lowest BCUT2D eigenvalue weighted by Crippen LogP contribution is -2.38. The van der Waals surface area contributed by atoms with Crippen LogP contribution in [0.1, 0.15) is 10.5 Å². The summed E-state index contributed by atoms with van der Waals surface area (Å²) >= 11 is 0. The molecule has 0 aliphatic carbocycles. The number of hydrogen-bond donors (Lipinski definition) is 0. The molecule has 0 unspecified atom stereocenters. The van der Waals surface area contributed by atoms with Crippen molar-refractivity contribution in [2.24, 2.45) is 0 Å². The maximum atomic E-state index is 13.3. The molecule has 1 fully saturated rings. The monoisotopic (exact) mass is 355 g/mol. The van der Waals surface area contributed by atoms with Gasteiger partial charge in [0.1, 0.15) is 5.82 Å². The van der Waals surface area contributed by atoms with Gasteiger partial charge in [-0.2, -0.15) is 4.98 Å². The van der Waals surface area contributed by atoms with Crippen LogP contribution in [0.25, 0.3) is 5.78 Å². The first kappa shape index (κ1) is 16.5. The number of fused-ring (bicyclic) bond motifs is 1. The predicted octanol–water partition coefficient (Wildman–Crippen LogP) is 1.98. The number of ether oxygens (including phenoxy) is 1. The van der Waals surface area contributed by atoms with Crippen molar-refractivity contribution >= 4 is 23.2 Å². The number of anilines is 2. The average molecular weight is 355 g/mol. The number of halogens is 1. The number of benzene rings is 1. The molecule has 1 amide bonds. The largest absolute Gasteiger partial charge is 0.378 e. The van der Waals surface area contributed by atoms with Gasteiger partial charge in [0.25, 0.3) is 5.91 Å². The summed E-state index contributed by atoms with van der Waals surface area (Å²) in [4.78, 5) is 25.6. The highest BCUT2D eigenvalue weighted by Gasteiger charge is 2.28. The van der Waals surface area contributed by atoms with Crippen molar-refractivity contribution in [2.75, 3.05) is 43.2 Å². The van der Waals surface area contributed by atoms with E-state index in [2.05, 4.69) is 9.97 Å². The summed E-state index contributed by atoms with van der Waals surface area (Å²) in [6.45, 7) is 2.49. The summed E-state index contributed by atoms with van der Waals surface area (Å²) in [5, 5.41) is 0. The number of rotatable bonds is 3. The van der Waals surface area contributed by atoms with E-state index in [0.717, 1.165) is 0 Å². The van der Waals surface area contributed by atoms with Gasteiger partial charge in [-0.15, -0.1) is 0 Å². The van der Waals surface area contributed by atoms with Gasteiger partial charge in [-0.3, -0.25) is 9.20 Å². The fourth-order valence-corrected chi connectivity index (χ4v) is 3.01. The minimum absolute atomic E-state index is 0.237. The highest BCUT2D eigenvalue weighted by atomic mass is 19.1. The lowest BCUT2D eigenvalue weighted by Gasteiger charge is -2.28. The summed E-state index contributed by atoms with van der Waals surface area (Å²) < 4.78 is 20.3. The van der Waals surface area contributed by atoms with Crippen LogP contribution >= 0.6 is 0 Å². The third-order valence-corrected chi connectivity index (χ3v) is 4.42. The quantitative estimate of drug-likeness (QED) is 0.719. The molecule has 1 aliphatic rings. The van der Waals surface area contributed by atoms with Gasteiger partial charge in [-0.05, 0) is 30.3 Å². The molecule has 0 atom stereocenters. The molecular weight excluding hydrogens is 337 g/mol. The van der Waals surface area contributed by atoms with Gasteiger partial charge < -0.3 is 14.5 Å². The molecular formula is C18H18FN5O2. The lowest BCUT2D eigenvalue weighted by molar-refractivity contribution is 0.0985. The zero-order valence-corrected chi connectivity index (χ0v) is 14.3. The second-order valence-corrected chi connectivity index (χ2v) is 6.01. The van der Waals surface area contributed by atoms with E-state index < -0.39 is 0 Å². The molecule has 8 heteroatoms. The number of morpholine rings is 1. The van der Waals surface area contributed by atoms with Gasteiger partial charge in [-0.25, -0.2) is 9.37 Å². The molecule has 3 heterocycles. The Morgan fingerprint density at radius 3 is 2.69 bits per heavy atom. The molecule has 134 valence electrons.